The van der Waals surface area contributed by atoms with Gasteiger partial charge in [-0.25, -0.2) is 9.59 Å². The molecule has 0 radical (unpaired) electrons. The first-order valence-corrected chi connectivity index (χ1v) is 12.5. The van der Waals surface area contributed by atoms with Crippen LogP contribution < -0.4 is 21.3 Å². The van der Waals surface area contributed by atoms with Crippen LogP contribution in [0.2, 0.25) is 0 Å². The van der Waals surface area contributed by atoms with E-state index >= 15 is 0 Å². The van der Waals surface area contributed by atoms with E-state index in [4.69, 9.17) is 0 Å². The lowest BCUT2D eigenvalue weighted by atomic mass is 9.93. The highest BCUT2D eigenvalue weighted by atomic mass is 16.6. The number of carbonyl (C=O) groups excluding carboxylic acids is 2. The van der Waals surface area contributed by atoms with Crippen LogP contribution in [0.5, 0.6) is 0 Å². The second-order valence-corrected chi connectivity index (χ2v) is 9.13. The summed E-state index contributed by atoms with van der Waals surface area (Å²) in [6.45, 7) is 0. The molecule has 4 rings (SSSR count). The van der Waals surface area contributed by atoms with Crippen molar-refractivity contribution in [3.05, 3.63) is 106 Å². The first kappa shape index (κ1) is 25.7. The van der Waals surface area contributed by atoms with E-state index < -0.39 is 23.0 Å². The summed E-state index contributed by atoms with van der Waals surface area (Å²) in [6, 6.07) is 22.7. The highest BCUT2D eigenvalue weighted by molar-refractivity contribution is 5.89. The molecule has 0 aromatic heterocycles. The Morgan fingerprint density at radius 1 is 0.730 bits per heavy atom. The van der Waals surface area contributed by atoms with E-state index in [1.807, 2.05) is 60.7 Å². The number of amides is 4. The lowest BCUT2D eigenvalue weighted by Crippen LogP contribution is -2.48. The van der Waals surface area contributed by atoms with Crippen molar-refractivity contribution in [1.29, 1.82) is 0 Å². The molecular weight excluding hydrogens is 470 g/mol. The van der Waals surface area contributed by atoms with Crippen molar-refractivity contribution >= 4 is 23.4 Å². The van der Waals surface area contributed by atoms with Crippen molar-refractivity contribution < 1.29 is 14.5 Å². The molecule has 4 N–H and O–H groups in total. The Morgan fingerprint density at radius 2 is 1.24 bits per heavy atom. The SMILES string of the molecule is O=C(Nc1ccc([N+](=O)[O-])cc1)NC(c1ccccc1)C(NC(=O)NC1CCCCC1)c1ccccc1. The van der Waals surface area contributed by atoms with Gasteiger partial charge in [-0.3, -0.25) is 10.1 Å². The third-order valence-electron chi connectivity index (χ3n) is 6.50. The average Bonchev–Trinajstić information content (AvgIpc) is 2.92. The number of nitro groups is 1. The van der Waals surface area contributed by atoms with Crippen LogP contribution in [-0.4, -0.2) is 23.0 Å². The number of carbonyl (C=O) groups is 2. The molecule has 0 bridgehead atoms. The number of benzene rings is 3. The monoisotopic (exact) mass is 501 g/mol. The van der Waals surface area contributed by atoms with Crippen molar-refractivity contribution in [3.8, 4) is 0 Å². The van der Waals surface area contributed by atoms with Gasteiger partial charge >= 0.3 is 12.1 Å². The third kappa shape index (κ3) is 7.30. The van der Waals surface area contributed by atoms with Crippen molar-refractivity contribution in [2.75, 3.05) is 5.32 Å². The summed E-state index contributed by atoms with van der Waals surface area (Å²) in [4.78, 5) is 36.6. The normalized spacial score (nSPS) is 15.1. The highest BCUT2D eigenvalue weighted by Gasteiger charge is 2.29. The molecule has 4 amide bonds. The Labute approximate surface area is 215 Å². The van der Waals surface area contributed by atoms with E-state index in [0.717, 1.165) is 36.8 Å². The Hall–Kier alpha value is -4.40. The van der Waals surface area contributed by atoms with Gasteiger partial charge in [0, 0.05) is 23.9 Å². The Bertz CT molecular complexity index is 1180. The van der Waals surface area contributed by atoms with E-state index in [0.29, 0.717) is 5.69 Å². The van der Waals surface area contributed by atoms with Crippen molar-refractivity contribution in [2.45, 2.75) is 50.2 Å². The van der Waals surface area contributed by atoms with Gasteiger partial charge in [0.05, 0.1) is 17.0 Å². The summed E-state index contributed by atoms with van der Waals surface area (Å²) in [6.07, 6.45) is 5.31. The number of non-ortho nitro benzene ring substituents is 1. The van der Waals surface area contributed by atoms with Crippen LogP contribution in [0, 0.1) is 10.1 Å². The first-order chi connectivity index (χ1) is 18.0. The highest BCUT2D eigenvalue weighted by Crippen LogP contribution is 2.29. The third-order valence-corrected chi connectivity index (χ3v) is 6.50. The molecule has 3 aromatic carbocycles. The minimum absolute atomic E-state index is 0.0644. The zero-order valence-electron chi connectivity index (χ0n) is 20.4. The molecule has 1 aliphatic carbocycles. The summed E-state index contributed by atoms with van der Waals surface area (Å²) in [5, 5.41) is 22.9. The molecule has 0 spiro atoms. The number of urea groups is 2. The first-order valence-electron chi connectivity index (χ1n) is 12.5. The number of nitrogens with zero attached hydrogens (tertiary/aromatic N) is 1. The predicted molar refractivity (Wildman–Crippen MR) is 142 cm³/mol. The minimum Gasteiger partial charge on any atom is -0.335 e. The molecule has 37 heavy (non-hydrogen) atoms. The lowest BCUT2D eigenvalue weighted by molar-refractivity contribution is -0.384. The van der Waals surface area contributed by atoms with E-state index in [9.17, 15) is 19.7 Å². The maximum absolute atomic E-state index is 13.1. The van der Waals surface area contributed by atoms with Crippen molar-refractivity contribution in [3.63, 3.8) is 0 Å². The lowest BCUT2D eigenvalue weighted by Gasteiger charge is -2.31. The van der Waals surface area contributed by atoms with Crippen LogP contribution in [0.4, 0.5) is 21.0 Å². The molecule has 0 saturated heterocycles. The Morgan fingerprint density at radius 3 is 1.76 bits per heavy atom. The van der Waals surface area contributed by atoms with Gasteiger partial charge in [-0.1, -0.05) is 79.9 Å². The van der Waals surface area contributed by atoms with Gasteiger partial charge in [0.15, 0.2) is 0 Å². The van der Waals surface area contributed by atoms with E-state index in [2.05, 4.69) is 21.3 Å². The maximum atomic E-state index is 13.1. The molecule has 3 aromatic rings. The second-order valence-electron chi connectivity index (χ2n) is 9.13. The van der Waals surface area contributed by atoms with Gasteiger partial charge in [0.1, 0.15) is 0 Å². The molecule has 192 valence electrons. The Kier molecular flexibility index (Phi) is 8.70. The van der Waals surface area contributed by atoms with E-state index in [-0.39, 0.29) is 17.8 Å². The molecule has 0 aliphatic heterocycles. The van der Waals surface area contributed by atoms with Crippen molar-refractivity contribution in [1.82, 2.24) is 16.0 Å². The van der Waals surface area contributed by atoms with Gasteiger partial charge < -0.3 is 21.3 Å². The smallest absolute Gasteiger partial charge is 0.319 e. The second kappa shape index (κ2) is 12.5. The molecule has 9 heteroatoms. The van der Waals surface area contributed by atoms with Crippen LogP contribution >= 0.6 is 0 Å². The standard InChI is InChI=1S/C28H31N5O4/c34-27(29-22-14-8-3-9-15-22)31-25(20-10-4-1-5-11-20)26(21-12-6-2-7-13-21)32-28(35)30-23-16-18-24(19-17-23)33(36)37/h1-2,4-7,10-13,16-19,22,25-26H,3,8-9,14-15H2,(H2,29,31,34)(H2,30,32,35). The molecule has 9 nitrogen and oxygen atoms in total. The molecule has 1 aliphatic rings. The summed E-state index contributed by atoms with van der Waals surface area (Å²) in [7, 11) is 0. The summed E-state index contributed by atoms with van der Waals surface area (Å²) < 4.78 is 0. The molecule has 1 saturated carbocycles. The van der Waals surface area contributed by atoms with Crippen LogP contribution in [0.15, 0.2) is 84.9 Å². The van der Waals surface area contributed by atoms with Gasteiger partial charge in [0.2, 0.25) is 0 Å². The number of hydrogen-bond acceptors (Lipinski definition) is 4. The fourth-order valence-corrected chi connectivity index (χ4v) is 4.63. The fraction of sp³-hybridized carbons (Fsp3) is 0.286. The molecule has 1 fully saturated rings. The van der Waals surface area contributed by atoms with E-state index in [1.165, 1.54) is 30.7 Å². The van der Waals surface area contributed by atoms with Crippen LogP contribution in [0.25, 0.3) is 0 Å². The quantitative estimate of drug-likeness (QED) is 0.229. The molecule has 0 heterocycles. The molecular formula is C28H31N5O4. The summed E-state index contributed by atoms with van der Waals surface area (Å²) >= 11 is 0. The largest absolute Gasteiger partial charge is 0.335 e. The molecule has 2 unspecified atom stereocenters. The fourth-order valence-electron chi connectivity index (χ4n) is 4.63. The van der Waals surface area contributed by atoms with Gasteiger partial charge in [-0.15, -0.1) is 0 Å². The molecule has 2 atom stereocenters. The average molecular weight is 502 g/mol. The van der Waals surface area contributed by atoms with Crippen LogP contribution in [-0.2, 0) is 0 Å². The number of nitro benzene ring substituents is 1. The summed E-state index contributed by atoms with van der Waals surface area (Å²) in [5.41, 5.74) is 2.00. The van der Waals surface area contributed by atoms with Crippen molar-refractivity contribution in [2.24, 2.45) is 0 Å². The topological polar surface area (TPSA) is 125 Å². The maximum Gasteiger partial charge on any atom is 0.319 e. The van der Waals surface area contributed by atoms with Gasteiger partial charge in [-0.2, -0.15) is 0 Å². The Balaban J connectivity index is 1.56. The summed E-state index contributed by atoms with van der Waals surface area (Å²) in [5.74, 6) is 0. The van der Waals surface area contributed by atoms with Crippen LogP contribution in [0.1, 0.15) is 55.3 Å². The number of anilines is 1. The number of hydrogen-bond donors (Lipinski definition) is 4. The van der Waals surface area contributed by atoms with Crippen LogP contribution in [0.3, 0.4) is 0 Å². The minimum atomic E-state index is -0.598. The van der Waals surface area contributed by atoms with Gasteiger partial charge in [-0.05, 0) is 36.1 Å². The number of nitrogens with one attached hydrogen (secondary N) is 4. The number of rotatable bonds is 8. The van der Waals surface area contributed by atoms with Gasteiger partial charge in [0.25, 0.3) is 5.69 Å². The predicted octanol–water partition coefficient (Wildman–Crippen LogP) is 5.83. The zero-order chi connectivity index (χ0) is 26.0. The van der Waals surface area contributed by atoms with E-state index in [1.54, 1.807) is 0 Å². The zero-order valence-corrected chi connectivity index (χ0v) is 20.4.